The first-order valence-corrected chi connectivity index (χ1v) is 6.90. The van der Waals surface area contributed by atoms with E-state index in [0.717, 1.165) is 0 Å². The molecule has 0 aliphatic rings. The molecule has 0 amide bonds. The van der Waals surface area contributed by atoms with Gasteiger partial charge in [-0.1, -0.05) is 60.7 Å². The molecule has 22 heavy (non-hydrogen) atoms. The van der Waals surface area contributed by atoms with Crippen molar-refractivity contribution in [3.63, 3.8) is 0 Å². The Bertz CT molecular complexity index is 593. The highest BCUT2D eigenvalue weighted by molar-refractivity contribution is 5.21. The molecular weight excluding hydrogens is 276 g/mol. The highest BCUT2D eigenvalue weighted by Crippen LogP contribution is 2.05. The minimum atomic E-state index is 0.398. The molecule has 1 aromatic heterocycles. The van der Waals surface area contributed by atoms with E-state index in [0.29, 0.717) is 19.0 Å². The van der Waals surface area contributed by atoms with E-state index >= 15 is 0 Å². The zero-order valence-corrected chi connectivity index (χ0v) is 12.2. The van der Waals surface area contributed by atoms with Gasteiger partial charge < -0.3 is 10.5 Å². The van der Waals surface area contributed by atoms with Crippen LogP contribution >= 0.6 is 0 Å². The number of hydrogen-bond acceptors (Lipinski definition) is 5. The van der Waals surface area contributed by atoms with Gasteiger partial charge in [-0.25, -0.2) is 0 Å². The summed E-state index contributed by atoms with van der Waals surface area (Å²) in [6, 6.07) is 22.0. The Morgan fingerprint density at radius 1 is 0.773 bits per heavy atom. The molecule has 5 nitrogen and oxygen atoms in total. The molecule has 0 fully saturated rings. The van der Waals surface area contributed by atoms with Gasteiger partial charge >= 0.3 is 0 Å². The fourth-order valence-electron chi connectivity index (χ4n) is 1.69. The van der Waals surface area contributed by atoms with Crippen LogP contribution < -0.4 is 5.73 Å². The van der Waals surface area contributed by atoms with E-state index in [9.17, 15) is 0 Å². The predicted molar refractivity (Wildman–Crippen MR) is 85.6 cm³/mol. The molecule has 0 saturated heterocycles. The van der Waals surface area contributed by atoms with Crippen LogP contribution in [0.5, 0.6) is 0 Å². The topological polar surface area (TPSA) is 73.9 Å². The van der Waals surface area contributed by atoms with E-state index in [1.54, 1.807) is 6.07 Å². The molecular formula is C17H18N4O. The average Bonchev–Trinajstić information content (AvgIpc) is 2.58. The number of benzene rings is 2. The first-order valence-electron chi connectivity index (χ1n) is 6.90. The summed E-state index contributed by atoms with van der Waals surface area (Å²) >= 11 is 0. The van der Waals surface area contributed by atoms with Gasteiger partial charge in [-0.3, -0.25) is 0 Å². The normalized spacial score (nSPS) is 9.64. The average molecular weight is 294 g/mol. The molecule has 0 bridgehead atoms. The third-order valence-electron chi connectivity index (χ3n) is 2.75. The molecule has 3 aromatic rings. The zero-order chi connectivity index (χ0) is 15.5. The minimum Gasteiger partial charge on any atom is -0.382 e. The summed E-state index contributed by atoms with van der Waals surface area (Å²) in [6.07, 6.45) is 1.49. The summed E-state index contributed by atoms with van der Waals surface area (Å²) in [7, 11) is 0. The molecule has 5 heteroatoms. The lowest BCUT2D eigenvalue weighted by molar-refractivity contribution is 0.107. The van der Waals surface area contributed by atoms with Crippen molar-refractivity contribution in [2.75, 3.05) is 5.73 Å². The maximum absolute atomic E-state index is 5.61. The van der Waals surface area contributed by atoms with Crippen LogP contribution in [-0.2, 0) is 18.0 Å². The summed E-state index contributed by atoms with van der Waals surface area (Å²) in [4.78, 5) is 0. The van der Waals surface area contributed by atoms with Gasteiger partial charge in [-0.05, 0) is 16.3 Å². The van der Waals surface area contributed by atoms with E-state index in [4.69, 9.17) is 10.5 Å². The third-order valence-corrected chi connectivity index (χ3v) is 2.75. The second-order valence-corrected chi connectivity index (χ2v) is 4.51. The van der Waals surface area contributed by atoms with E-state index in [1.807, 2.05) is 36.4 Å². The number of nitrogens with zero attached hydrogens (tertiary/aromatic N) is 3. The van der Waals surface area contributed by atoms with E-state index < -0.39 is 0 Å². The van der Waals surface area contributed by atoms with Crippen molar-refractivity contribution in [2.24, 2.45) is 0 Å². The Kier molecular flexibility index (Phi) is 6.52. The first kappa shape index (κ1) is 15.6. The van der Waals surface area contributed by atoms with E-state index in [2.05, 4.69) is 39.7 Å². The van der Waals surface area contributed by atoms with Gasteiger partial charge in [0, 0.05) is 6.07 Å². The monoisotopic (exact) mass is 294 g/mol. The van der Waals surface area contributed by atoms with Gasteiger partial charge in [-0.15, -0.1) is 10.2 Å². The molecule has 0 radical (unpaired) electrons. The Hall–Kier alpha value is -2.79. The second kappa shape index (κ2) is 9.20. The maximum atomic E-state index is 5.61. The molecule has 0 spiro atoms. The Morgan fingerprint density at radius 2 is 1.32 bits per heavy atom. The second-order valence-electron chi connectivity index (χ2n) is 4.51. The van der Waals surface area contributed by atoms with E-state index in [1.165, 1.54) is 17.3 Å². The van der Waals surface area contributed by atoms with Gasteiger partial charge in [0.1, 0.15) is 5.82 Å². The largest absolute Gasteiger partial charge is 0.382 e. The Labute approximate surface area is 129 Å². The van der Waals surface area contributed by atoms with Crippen molar-refractivity contribution in [3.8, 4) is 0 Å². The molecule has 1 heterocycles. The lowest BCUT2D eigenvalue weighted by atomic mass is 10.2. The van der Waals surface area contributed by atoms with Gasteiger partial charge in [0.25, 0.3) is 0 Å². The van der Waals surface area contributed by atoms with Gasteiger partial charge in [0.05, 0.1) is 19.4 Å². The molecule has 0 saturated carbocycles. The summed E-state index contributed by atoms with van der Waals surface area (Å²) < 4.78 is 5.61. The number of anilines is 1. The molecule has 0 aliphatic heterocycles. The van der Waals surface area contributed by atoms with Crippen molar-refractivity contribution in [2.45, 2.75) is 13.2 Å². The smallest absolute Gasteiger partial charge is 0.149 e. The fourth-order valence-corrected chi connectivity index (χ4v) is 1.69. The molecule has 0 unspecified atom stereocenters. The van der Waals surface area contributed by atoms with Crippen LogP contribution in [0.15, 0.2) is 72.9 Å². The number of ether oxygens (including phenoxy) is 1. The predicted octanol–water partition coefficient (Wildman–Crippen LogP) is 2.86. The van der Waals surface area contributed by atoms with Crippen LogP contribution in [0.1, 0.15) is 11.1 Å². The van der Waals surface area contributed by atoms with Crippen molar-refractivity contribution in [1.29, 1.82) is 0 Å². The molecule has 2 aromatic carbocycles. The maximum Gasteiger partial charge on any atom is 0.149 e. The van der Waals surface area contributed by atoms with Crippen LogP contribution in [-0.4, -0.2) is 15.4 Å². The quantitative estimate of drug-likeness (QED) is 0.801. The minimum absolute atomic E-state index is 0.398. The standard InChI is InChI=1S/C14H14O.C3H4N4/c1-3-7-13(8-4-1)11-15-12-14-9-5-2-6-10-14;4-3-1-2-5-7-6-3/h1-10H,11-12H2;1-2H,(H2,4,5,6). The Balaban J connectivity index is 0.000000211. The highest BCUT2D eigenvalue weighted by Gasteiger charge is 1.93. The van der Waals surface area contributed by atoms with Crippen LogP contribution in [0.3, 0.4) is 0 Å². The number of rotatable bonds is 4. The fraction of sp³-hybridized carbons (Fsp3) is 0.118. The molecule has 2 N–H and O–H groups in total. The molecule has 3 rings (SSSR count). The van der Waals surface area contributed by atoms with Crippen LogP contribution in [0.25, 0.3) is 0 Å². The van der Waals surface area contributed by atoms with Gasteiger partial charge in [0.2, 0.25) is 0 Å². The third kappa shape index (κ3) is 6.11. The van der Waals surface area contributed by atoms with Crippen LogP contribution in [0.4, 0.5) is 5.82 Å². The number of hydrogen-bond donors (Lipinski definition) is 1. The number of aromatic nitrogens is 3. The summed E-state index contributed by atoms with van der Waals surface area (Å²) in [5.74, 6) is 0.398. The van der Waals surface area contributed by atoms with Crippen molar-refractivity contribution in [3.05, 3.63) is 84.1 Å². The highest BCUT2D eigenvalue weighted by atomic mass is 16.5. The zero-order valence-electron chi connectivity index (χ0n) is 12.2. The molecule has 112 valence electrons. The molecule has 0 aliphatic carbocycles. The summed E-state index contributed by atoms with van der Waals surface area (Å²) in [6.45, 7) is 1.35. The van der Waals surface area contributed by atoms with Gasteiger partial charge in [0.15, 0.2) is 0 Å². The van der Waals surface area contributed by atoms with E-state index in [-0.39, 0.29) is 0 Å². The lowest BCUT2D eigenvalue weighted by Gasteiger charge is -2.03. The van der Waals surface area contributed by atoms with Crippen LogP contribution in [0, 0.1) is 0 Å². The molecule has 0 atom stereocenters. The number of nitrogens with two attached hydrogens (primary N) is 1. The van der Waals surface area contributed by atoms with Crippen molar-refractivity contribution in [1.82, 2.24) is 15.4 Å². The van der Waals surface area contributed by atoms with Crippen LogP contribution in [0.2, 0.25) is 0 Å². The van der Waals surface area contributed by atoms with Crippen molar-refractivity contribution < 1.29 is 4.74 Å². The summed E-state index contributed by atoms with van der Waals surface area (Å²) in [5.41, 5.74) is 7.58. The summed E-state index contributed by atoms with van der Waals surface area (Å²) in [5, 5.41) is 10.1. The SMILES string of the molecule is Nc1ccnnn1.c1ccc(COCc2ccccc2)cc1. The Morgan fingerprint density at radius 3 is 1.68 bits per heavy atom. The number of nitrogen functional groups attached to an aromatic ring is 1. The van der Waals surface area contributed by atoms with Crippen molar-refractivity contribution >= 4 is 5.82 Å². The lowest BCUT2D eigenvalue weighted by Crippen LogP contribution is -1.93. The first-order chi connectivity index (χ1) is 10.8. The van der Waals surface area contributed by atoms with Gasteiger partial charge in [-0.2, -0.15) is 0 Å².